The van der Waals surface area contributed by atoms with Gasteiger partial charge in [0.2, 0.25) is 0 Å². The number of anilines is 2. The molecule has 0 aliphatic carbocycles. The van der Waals surface area contributed by atoms with Crippen molar-refractivity contribution in [3.8, 4) is 0 Å². The molecule has 5 nitrogen and oxygen atoms in total. The summed E-state index contributed by atoms with van der Waals surface area (Å²) >= 11 is 0. The zero-order valence-corrected chi connectivity index (χ0v) is 11.6. The summed E-state index contributed by atoms with van der Waals surface area (Å²) in [4.78, 5) is 17.4. The highest BCUT2D eigenvalue weighted by Gasteiger charge is 2.21. The number of aromatic nitrogens is 1. The van der Waals surface area contributed by atoms with Gasteiger partial charge in [0, 0.05) is 12.7 Å². The van der Waals surface area contributed by atoms with Gasteiger partial charge in [0.1, 0.15) is 11.4 Å². The molecule has 0 spiro atoms. The molecule has 1 aromatic carbocycles. The molecular weight excluding hydrogens is 273 g/mol. The minimum Gasteiger partial charge on any atom is -0.478 e. The quantitative estimate of drug-likeness (QED) is 0.827. The van der Waals surface area contributed by atoms with Gasteiger partial charge in [-0.1, -0.05) is 6.07 Å². The molecule has 0 aliphatic heterocycles. The standard InChI is InChI=1S/C15H16FN3O2/c1-2-19(9-10-5-3-4-8-18-10)12-7-6-11(16)14(17)13(12)15(20)21/h3-8H,2,9,17H2,1H3,(H,20,21). The Labute approximate surface area is 121 Å². The van der Waals surface area contributed by atoms with Crippen LogP contribution >= 0.6 is 0 Å². The Morgan fingerprint density at radius 3 is 2.71 bits per heavy atom. The topological polar surface area (TPSA) is 79.5 Å². The summed E-state index contributed by atoms with van der Waals surface area (Å²) in [6.45, 7) is 2.85. The van der Waals surface area contributed by atoms with Gasteiger partial charge in [-0.3, -0.25) is 4.98 Å². The Morgan fingerprint density at radius 2 is 2.14 bits per heavy atom. The summed E-state index contributed by atoms with van der Waals surface area (Å²) in [6, 6.07) is 8.11. The predicted molar refractivity (Wildman–Crippen MR) is 78.7 cm³/mol. The van der Waals surface area contributed by atoms with Crippen LogP contribution in [0, 0.1) is 5.82 Å². The van der Waals surface area contributed by atoms with E-state index in [4.69, 9.17) is 5.73 Å². The first-order valence-electron chi connectivity index (χ1n) is 6.50. The molecule has 0 radical (unpaired) electrons. The maximum Gasteiger partial charge on any atom is 0.340 e. The highest BCUT2D eigenvalue weighted by atomic mass is 19.1. The fourth-order valence-corrected chi connectivity index (χ4v) is 2.13. The molecule has 1 aromatic heterocycles. The third kappa shape index (κ3) is 3.10. The summed E-state index contributed by atoms with van der Waals surface area (Å²) < 4.78 is 13.5. The van der Waals surface area contributed by atoms with E-state index in [1.807, 2.05) is 19.1 Å². The van der Waals surface area contributed by atoms with Crippen LogP contribution in [0.5, 0.6) is 0 Å². The molecule has 0 atom stereocenters. The van der Waals surface area contributed by atoms with Crippen molar-refractivity contribution in [1.29, 1.82) is 0 Å². The Morgan fingerprint density at radius 1 is 1.38 bits per heavy atom. The second-order valence-electron chi connectivity index (χ2n) is 4.50. The van der Waals surface area contributed by atoms with E-state index in [0.717, 1.165) is 5.69 Å². The van der Waals surface area contributed by atoms with Gasteiger partial charge in [-0.05, 0) is 31.2 Å². The number of halogens is 1. The van der Waals surface area contributed by atoms with Crippen molar-refractivity contribution < 1.29 is 14.3 Å². The van der Waals surface area contributed by atoms with E-state index in [2.05, 4.69) is 4.98 Å². The van der Waals surface area contributed by atoms with Crippen molar-refractivity contribution in [3.63, 3.8) is 0 Å². The minimum atomic E-state index is -1.25. The van der Waals surface area contributed by atoms with Crippen molar-refractivity contribution in [3.05, 3.63) is 53.6 Å². The SMILES string of the molecule is CCN(Cc1ccccn1)c1ccc(F)c(N)c1C(=O)O. The number of rotatable bonds is 5. The van der Waals surface area contributed by atoms with Crippen LogP contribution in [0.4, 0.5) is 15.8 Å². The average molecular weight is 289 g/mol. The second-order valence-corrected chi connectivity index (χ2v) is 4.50. The first-order chi connectivity index (χ1) is 10.0. The lowest BCUT2D eigenvalue weighted by molar-refractivity contribution is 0.0698. The number of aromatic carboxylic acids is 1. The van der Waals surface area contributed by atoms with E-state index in [-0.39, 0.29) is 11.3 Å². The third-order valence-electron chi connectivity index (χ3n) is 3.19. The maximum absolute atomic E-state index is 13.5. The fraction of sp³-hybridized carbons (Fsp3) is 0.200. The first-order valence-corrected chi connectivity index (χ1v) is 6.50. The van der Waals surface area contributed by atoms with Crippen molar-refractivity contribution >= 4 is 17.3 Å². The second kappa shape index (κ2) is 6.21. The van der Waals surface area contributed by atoms with Crippen molar-refractivity contribution in [1.82, 2.24) is 4.98 Å². The van der Waals surface area contributed by atoms with Gasteiger partial charge in [-0.2, -0.15) is 0 Å². The van der Waals surface area contributed by atoms with Crippen LogP contribution in [0.2, 0.25) is 0 Å². The highest BCUT2D eigenvalue weighted by Crippen LogP contribution is 2.29. The monoisotopic (exact) mass is 289 g/mol. The van der Waals surface area contributed by atoms with Crippen LogP contribution in [0.3, 0.4) is 0 Å². The number of hydrogen-bond acceptors (Lipinski definition) is 4. The molecule has 0 aliphatic rings. The van der Waals surface area contributed by atoms with Gasteiger partial charge in [0.15, 0.2) is 0 Å². The third-order valence-corrected chi connectivity index (χ3v) is 3.19. The van der Waals surface area contributed by atoms with Crippen molar-refractivity contribution in [2.45, 2.75) is 13.5 Å². The summed E-state index contributed by atoms with van der Waals surface area (Å²) in [5.74, 6) is -1.98. The van der Waals surface area contributed by atoms with E-state index in [9.17, 15) is 14.3 Å². The lowest BCUT2D eigenvalue weighted by atomic mass is 10.1. The van der Waals surface area contributed by atoms with Crippen molar-refractivity contribution in [2.75, 3.05) is 17.2 Å². The number of carbonyl (C=O) groups is 1. The molecule has 0 fully saturated rings. The molecule has 0 unspecified atom stereocenters. The molecule has 0 saturated carbocycles. The van der Waals surface area contributed by atoms with Crippen LogP contribution in [0.15, 0.2) is 36.5 Å². The van der Waals surface area contributed by atoms with E-state index < -0.39 is 11.8 Å². The summed E-state index contributed by atoms with van der Waals surface area (Å²) in [6.07, 6.45) is 1.67. The lowest BCUT2D eigenvalue weighted by Crippen LogP contribution is -2.25. The number of nitrogen functional groups attached to an aromatic ring is 1. The van der Waals surface area contributed by atoms with Gasteiger partial charge in [-0.15, -0.1) is 0 Å². The summed E-state index contributed by atoms with van der Waals surface area (Å²) in [5.41, 5.74) is 6.18. The van der Waals surface area contributed by atoms with Crippen LogP contribution in [-0.4, -0.2) is 22.6 Å². The number of carboxylic acid groups (broad SMARTS) is 1. The average Bonchev–Trinajstić information content (AvgIpc) is 2.48. The van der Waals surface area contributed by atoms with Gasteiger partial charge in [-0.25, -0.2) is 9.18 Å². The molecular formula is C15H16FN3O2. The zero-order chi connectivity index (χ0) is 15.4. The molecule has 0 bridgehead atoms. The number of pyridine rings is 1. The van der Waals surface area contributed by atoms with E-state index >= 15 is 0 Å². The molecule has 1 heterocycles. The number of hydrogen-bond donors (Lipinski definition) is 2. The van der Waals surface area contributed by atoms with Crippen LogP contribution in [0.1, 0.15) is 23.0 Å². The fourth-order valence-electron chi connectivity index (χ4n) is 2.13. The van der Waals surface area contributed by atoms with Gasteiger partial charge in [0.25, 0.3) is 0 Å². The molecule has 3 N–H and O–H groups in total. The summed E-state index contributed by atoms with van der Waals surface area (Å²) in [5, 5.41) is 9.29. The van der Waals surface area contributed by atoms with Crippen LogP contribution in [0.25, 0.3) is 0 Å². The highest BCUT2D eigenvalue weighted by molar-refractivity contribution is 6.00. The maximum atomic E-state index is 13.5. The van der Waals surface area contributed by atoms with Gasteiger partial charge < -0.3 is 15.7 Å². The first kappa shape index (κ1) is 14.8. The Hall–Kier alpha value is -2.63. The summed E-state index contributed by atoms with van der Waals surface area (Å²) in [7, 11) is 0. The number of benzene rings is 1. The Kier molecular flexibility index (Phi) is 4.37. The molecule has 110 valence electrons. The number of carboxylic acids is 1. The Balaban J connectivity index is 2.43. The molecule has 0 amide bonds. The van der Waals surface area contributed by atoms with E-state index in [0.29, 0.717) is 18.8 Å². The Bertz CT molecular complexity index is 647. The molecule has 6 heteroatoms. The minimum absolute atomic E-state index is 0.215. The predicted octanol–water partition coefficient (Wildman–Crippen LogP) is 2.53. The van der Waals surface area contributed by atoms with Gasteiger partial charge in [0.05, 0.1) is 23.6 Å². The van der Waals surface area contributed by atoms with Crippen molar-refractivity contribution in [2.24, 2.45) is 0 Å². The number of nitrogens with zero attached hydrogens (tertiary/aromatic N) is 2. The molecule has 2 aromatic rings. The molecule has 0 saturated heterocycles. The number of nitrogens with two attached hydrogens (primary N) is 1. The molecule has 21 heavy (non-hydrogen) atoms. The van der Waals surface area contributed by atoms with E-state index in [1.165, 1.54) is 12.1 Å². The van der Waals surface area contributed by atoms with Crippen LogP contribution in [-0.2, 0) is 6.54 Å². The van der Waals surface area contributed by atoms with E-state index in [1.54, 1.807) is 17.2 Å². The molecule has 2 rings (SSSR count). The largest absolute Gasteiger partial charge is 0.478 e. The zero-order valence-electron chi connectivity index (χ0n) is 11.6. The smallest absolute Gasteiger partial charge is 0.340 e. The lowest BCUT2D eigenvalue weighted by Gasteiger charge is -2.25. The van der Waals surface area contributed by atoms with Gasteiger partial charge >= 0.3 is 5.97 Å². The van der Waals surface area contributed by atoms with Crippen LogP contribution < -0.4 is 10.6 Å². The normalized spacial score (nSPS) is 10.4.